The van der Waals surface area contributed by atoms with Crippen LogP contribution in [-0.4, -0.2) is 107 Å². The molecular formula is C48H76O13. The molecule has 0 spiro atoms. The summed E-state index contributed by atoms with van der Waals surface area (Å²) in [5, 5.41) is 0. The summed E-state index contributed by atoms with van der Waals surface area (Å²) in [6, 6.07) is 0. The van der Waals surface area contributed by atoms with Crippen LogP contribution in [0.2, 0.25) is 0 Å². The number of esters is 4. The number of epoxide rings is 5. The number of carbonyl (C=O) groups is 4. The van der Waals surface area contributed by atoms with Crippen LogP contribution in [-0.2, 0) is 61.8 Å². The molecule has 0 N–H and O–H groups in total. The molecule has 346 valence electrons. The molecule has 61 heavy (non-hydrogen) atoms. The zero-order valence-corrected chi connectivity index (χ0v) is 39.1. The fourth-order valence-corrected chi connectivity index (χ4v) is 10.9. The number of fused-ring (bicyclic) bond motifs is 1. The van der Waals surface area contributed by atoms with Gasteiger partial charge < -0.3 is 42.6 Å². The molecule has 0 radical (unpaired) electrons. The van der Waals surface area contributed by atoms with Gasteiger partial charge in [0.1, 0.15) is 11.7 Å². The summed E-state index contributed by atoms with van der Waals surface area (Å²) >= 11 is 0. The Labute approximate surface area is 364 Å². The molecule has 7 fully saturated rings. The van der Waals surface area contributed by atoms with Gasteiger partial charge >= 0.3 is 23.9 Å². The van der Waals surface area contributed by atoms with Gasteiger partial charge in [0.05, 0.1) is 94.9 Å². The van der Waals surface area contributed by atoms with E-state index in [-0.39, 0.29) is 77.4 Å². The molecule has 0 aromatic heterocycles. The standard InChI is InChI=1S/C48H76O13/c1-26(2)53-40(49)31-15-13-30(23-32(31)41(50)54-27(3)4)14-16-36-45(10,58-36)21-18-38-47(12,60-38)29(7)56-42(51)33-24-39-48(61-39,25-34(33)43(52)55-28(5)6)22-19-37-46(11,59-37)20-17-35-44(8,9)57-35/h26-39H,13-25H2,1-12H3. The first kappa shape index (κ1) is 46.7. The van der Waals surface area contributed by atoms with Crippen molar-refractivity contribution in [2.75, 3.05) is 0 Å². The molecule has 5 heterocycles. The number of carbonyl (C=O) groups excluding carboxylic acids is 4. The van der Waals surface area contributed by atoms with Gasteiger partial charge in [-0.3, -0.25) is 19.2 Å². The van der Waals surface area contributed by atoms with Gasteiger partial charge in [-0.25, -0.2) is 0 Å². The predicted molar refractivity (Wildman–Crippen MR) is 223 cm³/mol. The summed E-state index contributed by atoms with van der Waals surface area (Å²) in [4.78, 5) is 53.4. The van der Waals surface area contributed by atoms with Crippen molar-refractivity contribution in [1.29, 1.82) is 0 Å². The van der Waals surface area contributed by atoms with Gasteiger partial charge in [0.2, 0.25) is 0 Å². The number of rotatable bonds is 21. The minimum Gasteiger partial charge on any atom is -0.463 e. The number of hydrogen-bond donors (Lipinski definition) is 0. The lowest BCUT2D eigenvalue weighted by atomic mass is 9.72. The van der Waals surface area contributed by atoms with Gasteiger partial charge in [-0.1, -0.05) is 0 Å². The van der Waals surface area contributed by atoms with Crippen LogP contribution in [0, 0.1) is 29.6 Å². The Morgan fingerprint density at radius 3 is 1.57 bits per heavy atom. The Hall–Kier alpha value is -2.32. The van der Waals surface area contributed by atoms with Crippen molar-refractivity contribution in [3.8, 4) is 0 Å². The summed E-state index contributed by atoms with van der Waals surface area (Å²) < 4.78 is 53.7. The molecule has 13 nitrogen and oxygen atoms in total. The molecule has 15 atom stereocenters. The lowest BCUT2D eigenvalue weighted by Gasteiger charge is -2.34. The molecule has 5 saturated heterocycles. The second-order valence-electron chi connectivity index (χ2n) is 21.8. The van der Waals surface area contributed by atoms with Crippen molar-refractivity contribution in [1.82, 2.24) is 0 Å². The maximum absolute atomic E-state index is 13.9. The van der Waals surface area contributed by atoms with E-state index in [1.165, 1.54) is 0 Å². The van der Waals surface area contributed by atoms with Crippen LogP contribution in [0.25, 0.3) is 0 Å². The minimum atomic E-state index is -0.654. The Morgan fingerprint density at radius 2 is 1.00 bits per heavy atom. The highest BCUT2D eigenvalue weighted by Crippen LogP contribution is 2.58. The van der Waals surface area contributed by atoms with Gasteiger partial charge in [0.25, 0.3) is 0 Å². The van der Waals surface area contributed by atoms with Crippen LogP contribution in [0.3, 0.4) is 0 Å². The molecule has 15 unspecified atom stereocenters. The highest BCUT2D eigenvalue weighted by Gasteiger charge is 2.66. The Balaban J connectivity index is 0.853. The van der Waals surface area contributed by atoms with E-state index in [4.69, 9.17) is 42.6 Å². The van der Waals surface area contributed by atoms with Crippen molar-refractivity contribution >= 4 is 23.9 Å². The van der Waals surface area contributed by atoms with Gasteiger partial charge in [0, 0.05) is 0 Å². The summed E-state index contributed by atoms with van der Waals surface area (Å²) in [7, 11) is 0. The highest BCUT2D eigenvalue weighted by molar-refractivity contribution is 5.83. The number of ether oxygens (including phenoxy) is 9. The van der Waals surface area contributed by atoms with E-state index in [9.17, 15) is 19.2 Å². The maximum atomic E-state index is 13.9. The monoisotopic (exact) mass is 861 g/mol. The van der Waals surface area contributed by atoms with Crippen molar-refractivity contribution in [2.45, 2.75) is 249 Å². The minimum absolute atomic E-state index is 0.0254. The Kier molecular flexibility index (Phi) is 13.2. The fourth-order valence-electron chi connectivity index (χ4n) is 10.9. The van der Waals surface area contributed by atoms with Crippen LogP contribution >= 0.6 is 0 Å². The van der Waals surface area contributed by atoms with E-state index < -0.39 is 46.9 Å². The fraction of sp³-hybridized carbons (Fsp3) is 0.917. The summed E-state index contributed by atoms with van der Waals surface area (Å²) in [5.41, 5.74) is -1.52. The molecular weight excluding hydrogens is 785 g/mol. The SMILES string of the molecule is CC(C)OC(=O)C1CCC(CCC2OC2(C)CCC2OC2(C)C(C)OC(=O)C2CC3OC3(CCC3OC3(C)CCC3OC3(C)C)CC2C(=O)OC(C)C)CC1C(=O)OC(C)C. The zero-order chi connectivity index (χ0) is 44.4. The summed E-state index contributed by atoms with van der Waals surface area (Å²) in [6.07, 6.45) is 8.93. The summed E-state index contributed by atoms with van der Waals surface area (Å²) in [6.45, 7) is 23.4. The van der Waals surface area contributed by atoms with Crippen molar-refractivity contribution < 1.29 is 61.8 Å². The average Bonchev–Trinajstić information content (AvgIpc) is 4.00. The molecule has 5 aliphatic heterocycles. The second-order valence-corrected chi connectivity index (χ2v) is 21.8. The van der Waals surface area contributed by atoms with Crippen LogP contribution in [0.1, 0.15) is 167 Å². The highest BCUT2D eigenvalue weighted by atomic mass is 16.7. The molecule has 0 aromatic carbocycles. The lowest BCUT2D eigenvalue weighted by molar-refractivity contribution is -0.169. The first-order chi connectivity index (χ1) is 28.5. The van der Waals surface area contributed by atoms with E-state index in [1.54, 1.807) is 0 Å². The first-order valence-corrected chi connectivity index (χ1v) is 23.7. The van der Waals surface area contributed by atoms with Crippen LogP contribution in [0.5, 0.6) is 0 Å². The third-order valence-corrected chi connectivity index (χ3v) is 15.4. The molecule has 0 aromatic rings. The molecule has 0 amide bonds. The lowest BCUT2D eigenvalue weighted by Crippen LogP contribution is -2.44. The van der Waals surface area contributed by atoms with E-state index >= 15 is 0 Å². The second kappa shape index (κ2) is 17.2. The first-order valence-electron chi connectivity index (χ1n) is 23.7. The zero-order valence-electron chi connectivity index (χ0n) is 39.1. The van der Waals surface area contributed by atoms with Gasteiger partial charge in [-0.2, -0.15) is 0 Å². The van der Waals surface area contributed by atoms with Crippen molar-refractivity contribution in [3.05, 3.63) is 0 Å². The van der Waals surface area contributed by atoms with Gasteiger partial charge in [0.15, 0.2) is 0 Å². The van der Waals surface area contributed by atoms with E-state index in [0.717, 1.165) is 57.8 Å². The van der Waals surface area contributed by atoms with Gasteiger partial charge in [-0.15, -0.1) is 0 Å². The maximum Gasteiger partial charge on any atom is 0.310 e. The predicted octanol–water partition coefficient (Wildman–Crippen LogP) is 7.74. The molecule has 0 bridgehead atoms. The van der Waals surface area contributed by atoms with Crippen molar-refractivity contribution in [2.24, 2.45) is 29.6 Å². The Morgan fingerprint density at radius 1 is 0.508 bits per heavy atom. The van der Waals surface area contributed by atoms with E-state index in [0.29, 0.717) is 37.7 Å². The molecule has 7 rings (SSSR count). The molecule has 2 aliphatic carbocycles. The largest absolute Gasteiger partial charge is 0.463 e. The molecule has 2 saturated carbocycles. The van der Waals surface area contributed by atoms with Crippen molar-refractivity contribution in [3.63, 3.8) is 0 Å². The van der Waals surface area contributed by atoms with E-state index in [2.05, 4.69) is 27.7 Å². The molecule has 7 aliphatic rings. The van der Waals surface area contributed by atoms with Crippen LogP contribution < -0.4 is 0 Å². The third kappa shape index (κ3) is 10.6. The quantitative estimate of drug-likeness (QED) is 0.0625. The number of hydrogen-bond acceptors (Lipinski definition) is 13. The third-order valence-electron chi connectivity index (χ3n) is 15.4. The summed E-state index contributed by atoms with van der Waals surface area (Å²) in [5.74, 6) is -3.36. The smallest absolute Gasteiger partial charge is 0.310 e. The van der Waals surface area contributed by atoms with Crippen LogP contribution in [0.15, 0.2) is 0 Å². The van der Waals surface area contributed by atoms with Crippen LogP contribution in [0.4, 0.5) is 0 Å². The molecule has 13 heteroatoms. The van der Waals surface area contributed by atoms with Gasteiger partial charge in [-0.05, 0) is 172 Å². The Bertz CT molecular complexity index is 1640. The average molecular weight is 861 g/mol. The van der Waals surface area contributed by atoms with E-state index in [1.807, 2.05) is 55.4 Å². The normalized spacial score (nSPS) is 42.0. The topological polar surface area (TPSA) is 168 Å².